The van der Waals surface area contributed by atoms with E-state index in [0.717, 1.165) is 13.0 Å². The van der Waals surface area contributed by atoms with Crippen molar-refractivity contribution in [1.82, 2.24) is 31.9 Å². The summed E-state index contributed by atoms with van der Waals surface area (Å²) in [4.78, 5) is 125. The number of carboxylic acid groups (broad SMARTS) is 2. The van der Waals surface area contributed by atoms with Crippen LogP contribution in [-0.2, 0) is 54.4 Å². The maximum absolute atomic E-state index is 13.6. The number of hydrogen-bond acceptors (Lipinski definition) is 12. The fourth-order valence-corrected chi connectivity index (χ4v) is 6.45. The molecule has 8 amide bonds. The van der Waals surface area contributed by atoms with Crippen molar-refractivity contribution < 1.29 is 68.4 Å². The standard InChI is InChI=1S/C43H66N8O14/c1-22(2)18-27(47-42(64)32(21-34(44)55)50-43(65)37(23(3)4)51-41(63)29(46-25(6)52)13-16-35(56)57)20-28(53)12-15-33(54)24(5)39(61)48-30(14-17-36(58)59)40(62)49-31(38(45)60)19-26-10-8-7-9-11-26/h7-12,15,22-24,27-33,37,53-54H,13-14,16-21H2,1-6H3,(H2,44,55)(H2,45,60)(H,46,52)(H,47,64)(H,48,61)(H,49,62)(H,50,65)(H,51,63)(H,56,57)(H,58,59)/b15-12-/t24?,27?,28?,29-,30-,31-,32-,33?,37-/m0/s1. The molecule has 9 atom stereocenters. The Labute approximate surface area is 377 Å². The van der Waals surface area contributed by atoms with Crippen molar-refractivity contribution in [1.29, 1.82) is 0 Å². The Balaban J connectivity index is 3.12. The molecule has 0 spiro atoms. The predicted molar refractivity (Wildman–Crippen MR) is 233 cm³/mol. The molecule has 65 heavy (non-hydrogen) atoms. The summed E-state index contributed by atoms with van der Waals surface area (Å²) in [6, 6.07) is 1.06. The van der Waals surface area contributed by atoms with E-state index in [1.807, 2.05) is 13.8 Å². The van der Waals surface area contributed by atoms with Crippen molar-refractivity contribution >= 4 is 59.2 Å². The van der Waals surface area contributed by atoms with Gasteiger partial charge in [-0.3, -0.25) is 47.9 Å². The van der Waals surface area contributed by atoms with Crippen LogP contribution in [0.15, 0.2) is 42.5 Å². The maximum atomic E-state index is 13.6. The average molecular weight is 919 g/mol. The summed E-state index contributed by atoms with van der Waals surface area (Å²) >= 11 is 0. The fraction of sp³-hybridized carbons (Fsp3) is 0.581. The lowest BCUT2D eigenvalue weighted by atomic mass is 9.96. The molecule has 4 unspecified atom stereocenters. The highest BCUT2D eigenvalue weighted by molar-refractivity contribution is 5.96. The summed E-state index contributed by atoms with van der Waals surface area (Å²) in [5.41, 5.74) is 11.6. The minimum absolute atomic E-state index is 0.0266. The summed E-state index contributed by atoms with van der Waals surface area (Å²) in [5, 5.41) is 55.0. The molecule has 22 heteroatoms. The molecule has 1 aromatic rings. The minimum Gasteiger partial charge on any atom is -0.481 e. The highest BCUT2D eigenvalue weighted by Crippen LogP contribution is 2.15. The number of carbonyl (C=O) groups excluding carboxylic acids is 8. The Kier molecular flexibility index (Phi) is 24.7. The Hall–Kier alpha value is -6.42. The van der Waals surface area contributed by atoms with Crippen LogP contribution in [0.4, 0.5) is 0 Å². The van der Waals surface area contributed by atoms with E-state index < -0.39 is 139 Å². The van der Waals surface area contributed by atoms with E-state index in [4.69, 9.17) is 16.6 Å². The zero-order chi connectivity index (χ0) is 49.6. The number of carboxylic acids is 2. The number of aliphatic hydroxyl groups excluding tert-OH is 2. The van der Waals surface area contributed by atoms with E-state index in [9.17, 15) is 63.3 Å². The van der Waals surface area contributed by atoms with Crippen LogP contribution in [0.1, 0.15) is 92.1 Å². The van der Waals surface area contributed by atoms with Gasteiger partial charge in [0.25, 0.3) is 0 Å². The first-order chi connectivity index (χ1) is 30.3. The molecule has 362 valence electrons. The van der Waals surface area contributed by atoms with Crippen molar-refractivity contribution in [3.8, 4) is 0 Å². The molecule has 0 aliphatic carbocycles. The highest BCUT2D eigenvalue weighted by atomic mass is 16.4. The molecule has 1 aromatic carbocycles. The molecule has 0 aliphatic heterocycles. The summed E-state index contributed by atoms with van der Waals surface area (Å²) in [5.74, 6) is -11.2. The number of nitrogens with one attached hydrogen (secondary N) is 6. The van der Waals surface area contributed by atoms with Crippen LogP contribution in [0.25, 0.3) is 0 Å². The van der Waals surface area contributed by atoms with Crippen molar-refractivity contribution in [2.24, 2.45) is 29.2 Å². The van der Waals surface area contributed by atoms with Gasteiger partial charge >= 0.3 is 11.9 Å². The van der Waals surface area contributed by atoms with Crippen molar-refractivity contribution in [3.05, 3.63) is 48.0 Å². The summed E-state index contributed by atoms with van der Waals surface area (Å²) in [6.07, 6.45) is -2.73. The number of hydrogen-bond donors (Lipinski definition) is 12. The Bertz CT molecular complexity index is 1840. The fourth-order valence-electron chi connectivity index (χ4n) is 6.45. The Morgan fingerprint density at radius 2 is 1.12 bits per heavy atom. The van der Waals surface area contributed by atoms with Crippen molar-refractivity contribution in [3.63, 3.8) is 0 Å². The summed E-state index contributed by atoms with van der Waals surface area (Å²) in [6.45, 7) is 9.25. The number of nitrogens with two attached hydrogens (primary N) is 2. The molecule has 0 fully saturated rings. The van der Waals surface area contributed by atoms with Crippen LogP contribution in [0.3, 0.4) is 0 Å². The number of aliphatic carboxylic acids is 2. The Morgan fingerprint density at radius 1 is 0.615 bits per heavy atom. The SMILES string of the molecule is CC(=O)N[C@@H](CCC(=O)O)C(=O)N[C@H](C(=O)N[C@@H](CC(N)=O)C(=O)NC(CC(C)C)CC(O)/C=C\C(O)C(C)C(=O)N[C@@H](CCC(=O)O)C(=O)N[C@@H](Cc1ccccc1)C(N)=O)C(C)C. The second-order valence-electron chi connectivity index (χ2n) is 16.6. The van der Waals surface area contributed by atoms with Gasteiger partial charge < -0.3 is 63.8 Å². The van der Waals surface area contributed by atoms with Crippen LogP contribution in [0.5, 0.6) is 0 Å². The van der Waals surface area contributed by atoms with Crippen LogP contribution in [0.2, 0.25) is 0 Å². The molecule has 0 aromatic heterocycles. The molecule has 14 N–H and O–H groups in total. The largest absolute Gasteiger partial charge is 0.481 e. The molecular formula is C43H66N8O14. The van der Waals surface area contributed by atoms with Crippen molar-refractivity contribution in [2.45, 2.75) is 141 Å². The molecule has 0 heterocycles. The average Bonchev–Trinajstić information content (AvgIpc) is 3.20. The first-order valence-corrected chi connectivity index (χ1v) is 21.2. The normalized spacial score (nSPS) is 15.5. The number of primary amides is 2. The predicted octanol–water partition coefficient (Wildman–Crippen LogP) is -1.75. The molecule has 0 radical (unpaired) electrons. The van der Waals surface area contributed by atoms with Gasteiger partial charge in [0.2, 0.25) is 47.3 Å². The van der Waals surface area contributed by atoms with E-state index in [1.54, 1.807) is 44.2 Å². The van der Waals surface area contributed by atoms with E-state index in [1.165, 1.54) is 13.0 Å². The van der Waals surface area contributed by atoms with Gasteiger partial charge in [-0.2, -0.15) is 0 Å². The van der Waals surface area contributed by atoms with Gasteiger partial charge in [0.05, 0.1) is 24.5 Å². The molecule has 0 bridgehead atoms. The van der Waals surface area contributed by atoms with Crippen molar-refractivity contribution in [2.75, 3.05) is 0 Å². The zero-order valence-corrected chi connectivity index (χ0v) is 37.6. The van der Waals surface area contributed by atoms with Crippen LogP contribution >= 0.6 is 0 Å². The second-order valence-corrected chi connectivity index (χ2v) is 16.6. The Morgan fingerprint density at radius 3 is 1.62 bits per heavy atom. The molecule has 0 aliphatic rings. The number of rotatable bonds is 30. The van der Waals surface area contributed by atoms with Gasteiger partial charge in [-0.1, -0.05) is 77.1 Å². The second kappa shape index (κ2) is 28.4. The van der Waals surface area contributed by atoms with Crippen LogP contribution in [-0.4, -0.2) is 128 Å². The van der Waals surface area contributed by atoms with E-state index in [0.29, 0.717) is 5.56 Å². The highest BCUT2D eigenvalue weighted by Gasteiger charge is 2.34. The lowest BCUT2D eigenvalue weighted by molar-refractivity contribution is -0.139. The lowest BCUT2D eigenvalue weighted by Gasteiger charge is -2.28. The van der Waals surface area contributed by atoms with Crippen LogP contribution < -0.4 is 43.4 Å². The van der Waals surface area contributed by atoms with Gasteiger partial charge in [-0.25, -0.2) is 0 Å². The minimum atomic E-state index is -1.55. The molecule has 0 saturated heterocycles. The van der Waals surface area contributed by atoms with E-state index in [2.05, 4.69) is 31.9 Å². The van der Waals surface area contributed by atoms with Gasteiger partial charge in [0.1, 0.15) is 30.2 Å². The first kappa shape index (κ1) is 56.6. The lowest BCUT2D eigenvalue weighted by Crippen LogP contribution is -2.59. The zero-order valence-electron chi connectivity index (χ0n) is 37.6. The van der Waals surface area contributed by atoms with E-state index >= 15 is 0 Å². The van der Waals surface area contributed by atoms with Gasteiger partial charge in [0.15, 0.2) is 0 Å². The first-order valence-electron chi connectivity index (χ1n) is 21.2. The molecular weight excluding hydrogens is 853 g/mol. The topological polar surface area (TPSA) is 376 Å². The van der Waals surface area contributed by atoms with Crippen LogP contribution in [0, 0.1) is 17.8 Å². The maximum Gasteiger partial charge on any atom is 0.303 e. The van der Waals surface area contributed by atoms with Gasteiger partial charge in [-0.15, -0.1) is 0 Å². The number of aliphatic hydroxyl groups is 2. The van der Waals surface area contributed by atoms with E-state index in [-0.39, 0.29) is 38.0 Å². The third kappa shape index (κ3) is 22.7. The quantitative estimate of drug-likeness (QED) is 0.0381. The molecule has 0 saturated carbocycles. The summed E-state index contributed by atoms with van der Waals surface area (Å²) in [7, 11) is 0. The summed E-state index contributed by atoms with van der Waals surface area (Å²) < 4.78 is 0. The van der Waals surface area contributed by atoms with Gasteiger partial charge in [0, 0.05) is 32.2 Å². The molecule has 22 nitrogen and oxygen atoms in total. The third-order valence-corrected chi connectivity index (χ3v) is 9.93. The molecule has 1 rings (SSSR count). The van der Waals surface area contributed by atoms with Gasteiger partial charge in [-0.05, 0) is 43.1 Å². The third-order valence-electron chi connectivity index (χ3n) is 9.93. The number of carbonyl (C=O) groups is 10. The smallest absolute Gasteiger partial charge is 0.303 e. The monoisotopic (exact) mass is 918 g/mol. The number of benzene rings is 1. The number of amides is 8.